The van der Waals surface area contributed by atoms with Gasteiger partial charge < -0.3 is 14.2 Å². The van der Waals surface area contributed by atoms with Crippen LogP contribution in [0, 0.1) is 20.8 Å². The summed E-state index contributed by atoms with van der Waals surface area (Å²) >= 11 is 0. The lowest BCUT2D eigenvalue weighted by atomic mass is 10.1. The Morgan fingerprint density at radius 1 is 0.906 bits per heavy atom. The molecular weight excluding hydrogens is 410 g/mol. The molecule has 0 unspecified atom stereocenters. The van der Waals surface area contributed by atoms with Crippen molar-refractivity contribution in [2.24, 2.45) is 0 Å². The normalized spacial score (nSPS) is 10.7. The van der Waals surface area contributed by atoms with E-state index in [0.29, 0.717) is 0 Å². The first-order valence-corrected chi connectivity index (χ1v) is 10.4. The zero-order chi connectivity index (χ0) is 23.3. The lowest BCUT2D eigenvalue weighted by Gasteiger charge is -2.15. The molecule has 0 aliphatic carbocycles. The van der Waals surface area contributed by atoms with Crippen LogP contribution in [0.15, 0.2) is 36.4 Å². The van der Waals surface area contributed by atoms with Crippen molar-refractivity contribution in [2.75, 3.05) is 13.2 Å². The molecule has 0 atom stereocenters. The Kier molecular flexibility index (Phi) is 7.25. The van der Waals surface area contributed by atoms with Crippen molar-refractivity contribution in [2.45, 2.75) is 41.2 Å². The van der Waals surface area contributed by atoms with Crippen LogP contribution in [0.5, 0.6) is 5.88 Å². The molecule has 0 N–H and O–H groups in total. The van der Waals surface area contributed by atoms with Gasteiger partial charge in [0, 0.05) is 5.69 Å². The van der Waals surface area contributed by atoms with Crippen LogP contribution in [0.3, 0.4) is 0 Å². The van der Waals surface area contributed by atoms with Gasteiger partial charge in [0.1, 0.15) is 17.7 Å². The van der Waals surface area contributed by atoms with E-state index in [1.807, 2.05) is 51.1 Å². The van der Waals surface area contributed by atoms with E-state index in [2.05, 4.69) is 10.1 Å². The molecule has 3 aromatic rings. The van der Waals surface area contributed by atoms with Gasteiger partial charge in [-0.15, -0.1) is 0 Å². The van der Waals surface area contributed by atoms with E-state index in [1.54, 1.807) is 13.8 Å². The summed E-state index contributed by atoms with van der Waals surface area (Å²) in [6, 6.07) is 11.1. The first-order chi connectivity index (χ1) is 15.3. The Morgan fingerprint density at radius 2 is 1.53 bits per heavy atom. The van der Waals surface area contributed by atoms with Crippen LogP contribution in [0.2, 0.25) is 0 Å². The average molecular weight is 437 g/mol. The predicted molar refractivity (Wildman–Crippen MR) is 118 cm³/mol. The van der Waals surface area contributed by atoms with Crippen molar-refractivity contribution in [3.63, 3.8) is 0 Å². The molecule has 0 spiro atoms. The van der Waals surface area contributed by atoms with E-state index in [0.717, 1.165) is 22.5 Å². The monoisotopic (exact) mass is 437 g/mol. The summed E-state index contributed by atoms with van der Waals surface area (Å²) in [5.41, 5.74) is 3.72. The van der Waals surface area contributed by atoms with Crippen LogP contribution in [-0.2, 0) is 16.1 Å². The maximum Gasteiger partial charge on any atom is 0.343 e. The van der Waals surface area contributed by atoms with Crippen molar-refractivity contribution in [1.29, 1.82) is 0 Å². The number of benzene rings is 1. The molecule has 0 aliphatic heterocycles. The van der Waals surface area contributed by atoms with Crippen LogP contribution in [-0.4, -0.2) is 39.9 Å². The first-order valence-electron chi connectivity index (χ1n) is 10.4. The Hall–Kier alpha value is -3.68. The van der Waals surface area contributed by atoms with Crippen LogP contribution < -0.4 is 4.74 Å². The standard InChI is InChI=1S/C24H27N3O5/c1-6-30-23(28)19-13-20(24(29)31-7-2)22(32-14-18-10-8-15(3)9-11-18)25-21(19)27-17(5)12-16(4)26-27/h8-13H,6-7,14H2,1-5H3. The highest BCUT2D eigenvalue weighted by molar-refractivity contribution is 5.98. The van der Waals surface area contributed by atoms with Gasteiger partial charge in [0.2, 0.25) is 5.88 Å². The highest BCUT2D eigenvalue weighted by Crippen LogP contribution is 2.26. The molecule has 8 heteroatoms. The number of pyridine rings is 1. The fourth-order valence-corrected chi connectivity index (χ4v) is 3.15. The fraction of sp³-hybridized carbons (Fsp3) is 0.333. The number of carbonyl (C=O) groups is 2. The van der Waals surface area contributed by atoms with Gasteiger partial charge >= 0.3 is 11.9 Å². The summed E-state index contributed by atoms with van der Waals surface area (Å²) in [5, 5.41) is 4.44. The van der Waals surface area contributed by atoms with Crippen molar-refractivity contribution >= 4 is 11.9 Å². The molecular formula is C24H27N3O5. The van der Waals surface area contributed by atoms with Crippen molar-refractivity contribution < 1.29 is 23.8 Å². The summed E-state index contributed by atoms with van der Waals surface area (Å²) in [6.45, 7) is 9.64. The van der Waals surface area contributed by atoms with Gasteiger partial charge in [-0.3, -0.25) is 0 Å². The second kappa shape index (κ2) is 10.1. The molecule has 0 fully saturated rings. The molecule has 0 radical (unpaired) electrons. The van der Waals surface area contributed by atoms with Crippen molar-refractivity contribution in [1.82, 2.24) is 14.8 Å². The van der Waals surface area contributed by atoms with Crippen LogP contribution >= 0.6 is 0 Å². The number of hydrogen-bond acceptors (Lipinski definition) is 7. The minimum atomic E-state index is -0.635. The molecule has 0 bridgehead atoms. The van der Waals surface area contributed by atoms with Gasteiger partial charge in [0.05, 0.1) is 18.9 Å². The van der Waals surface area contributed by atoms with Gasteiger partial charge in [-0.05, 0) is 52.3 Å². The maximum absolute atomic E-state index is 12.7. The van der Waals surface area contributed by atoms with E-state index in [4.69, 9.17) is 14.2 Å². The molecule has 0 amide bonds. The Balaban J connectivity index is 2.12. The Labute approximate surface area is 187 Å². The molecule has 8 nitrogen and oxygen atoms in total. The molecule has 0 aliphatic rings. The molecule has 2 aromatic heterocycles. The predicted octanol–water partition coefficient (Wildman–Crippen LogP) is 4.12. The van der Waals surface area contributed by atoms with E-state index < -0.39 is 11.9 Å². The summed E-state index contributed by atoms with van der Waals surface area (Å²) in [5.74, 6) is -0.969. The minimum Gasteiger partial charge on any atom is -0.472 e. The summed E-state index contributed by atoms with van der Waals surface area (Å²) < 4.78 is 17.8. The molecule has 2 heterocycles. The first kappa shape index (κ1) is 23.0. The molecule has 1 aromatic carbocycles. The number of aromatic nitrogens is 3. The van der Waals surface area contributed by atoms with Gasteiger partial charge in [-0.25, -0.2) is 14.3 Å². The fourth-order valence-electron chi connectivity index (χ4n) is 3.15. The van der Waals surface area contributed by atoms with Gasteiger partial charge in [-0.2, -0.15) is 10.1 Å². The van der Waals surface area contributed by atoms with Gasteiger partial charge in [0.25, 0.3) is 0 Å². The summed E-state index contributed by atoms with van der Waals surface area (Å²) in [6.07, 6.45) is 0. The average Bonchev–Trinajstić information content (AvgIpc) is 3.10. The van der Waals surface area contributed by atoms with E-state index in [1.165, 1.54) is 10.7 Å². The smallest absolute Gasteiger partial charge is 0.343 e. The number of esters is 2. The van der Waals surface area contributed by atoms with Crippen molar-refractivity contribution in [3.8, 4) is 11.7 Å². The lowest BCUT2D eigenvalue weighted by Crippen LogP contribution is -2.18. The quantitative estimate of drug-likeness (QED) is 0.489. The number of nitrogens with zero attached hydrogens (tertiary/aromatic N) is 3. The summed E-state index contributed by atoms with van der Waals surface area (Å²) in [7, 11) is 0. The third-order valence-corrected chi connectivity index (χ3v) is 4.66. The largest absolute Gasteiger partial charge is 0.472 e. The molecule has 3 rings (SSSR count). The van der Waals surface area contributed by atoms with Gasteiger partial charge in [0.15, 0.2) is 5.82 Å². The highest BCUT2D eigenvalue weighted by atomic mass is 16.5. The highest BCUT2D eigenvalue weighted by Gasteiger charge is 2.26. The molecule has 32 heavy (non-hydrogen) atoms. The number of carbonyl (C=O) groups excluding carboxylic acids is 2. The number of rotatable bonds is 8. The second-order valence-corrected chi connectivity index (χ2v) is 7.27. The third-order valence-electron chi connectivity index (χ3n) is 4.66. The molecule has 0 saturated heterocycles. The van der Waals surface area contributed by atoms with Crippen molar-refractivity contribution in [3.05, 3.63) is 70.0 Å². The maximum atomic E-state index is 12.7. The minimum absolute atomic E-state index is 0.0484. The second-order valence-electron chi connectivity index (χ2n) is 7.27. The topological polar surface area (TPSA) is 92.5 Å². The third kappa shape index (κ3) is 5.14. The van der Waals surface area contributed by atoms with Crippen LogP contribution in [0.1, 0.15) is 57.1 Å². The lowest BCUT2D eigenvalue weighted by molar-refractivity contribution is 0.0519. The van der Waals surface area contributed by atoms with Crippen LogP contribution in [0.25, 0.3) is 5.82 Å². The molecule has 0 saturated carbocycles. The molecule has 168 valence electrons. The number of ether oxygens (including phenoxy) is 3. The van der Waals surface area contributed by atoms with E-state index >= 15 is 0 Å². The van der Waals surface area contributed by atoms with Crippen LogP contribution in [0.4, 0.5) is 0 Å². The number of aryl methyl sites for hydroxylation is 3. The van der Waals surface area contributed by atoms with E-state index in [9.17, 15) is 9.59 Å². The van der Waals surface area contributed by atoms with Gasteiger partial charge in [-0.1, -0.05) is 29.8 Å². The zero-order valence-corrected chi connectivity index (χ0v) is 19.0. The SMILES string of the molecule is CCOC(=O)c1cc(C(=O)OCC)c(-n2nc(C)cc2C)nc1OCc1ccc(C)cc1. The zero-order valence-electron chi connectivity index (χ0n) is 19.0. The summed E-state index contributed by atoms with van der Waals surface area (Å²) in [4.78, 5) is 29.9. The van der Waals surface area contributed by atoms with E-state index in [-0.39, 0.29) is 42.6 Å². The Bertz CT molecular complexity index is 1120. The Morgan fingerprint density at radius 3 is 2.09 bits per heavy atom. The number of hydrogen-bond donors (Lipinski definition) is 0.